The highest BCUT2D eigenvalue weighted by Crippen LogP contribution is 2.37. The number of hydrogen-bond acceptors (Lipinski definition) is 2. The average Bonchev–Trinajstić information content (AvgIpc) is 2.44. The molecule has 0 atom stereocenters. The lowest BCUT2D eigenvalue weighted by atomic mass is 10.0. The van der Waals surface area contributed by atoms with Crippen LogP contribution in [0.2, 0.25) is 0 Å². The Morgan fingerprint density at radius 2 is 1.60 bits per heavy atom. The fourth-order valence-corrected chi connectivity index (χ4v) is 2.69. The zero-order valence-corrected chi connectivity index (χ0v) is 10.1. The molecule has 1 heterocycles. The van der Waals surface area contributed by atoms with Gasteiger partial charge in [-0.05, 0) is 31.9 Å². The van der Waals surface area contributed by atoms with E-state index < -0.39 is 0 Å². The van der Waals surface area contributed by atoms with Crippen molar-refractivity contribution in [2.24, 2.45) is 0 Å². The highest BCUT2D eigenvalue weighted by molar-refractivity contribution is 7.16. The number of hydrogen-bond donors (Lipinski definition) is 1. The third-order valence-corrected chi connectivity index (χ3v) is 3.79. The zero-order chi connectivity index (χ0) is 11.0. The summed E-state index contributed by atoms with van der Waals surface area (Å²) in [6.45, 7) is 6.35. The lowest BCUT2D eigenvalue weighted by molar-refractivity contribution is 1.42. The molecule has 0 fully saturated rings. The van der Waals surface area contributed by atoms with Crippen molar-refractivity contribution in [2.75, 3.05) is 5.73 Å². The van der Waals surface area contributed by atoms with Gasteiger partial charge in [-0.3, -0.25) is 0 Å². The lowest BCUT2D eigenvalue weighted by Gasteiger charge is -2.03. The molecule has 0 aliphatic heterocycles. The quantitative estimate of drug-likeness (QED) is 0.769. The minimum atomic E-state index is 0.925. The molecular weight excluding hydrogens is 202 g/mol. The molecule has 1 aromatic heterocycles. The first-order valence-corrected chi connectivity index (χ1v) is 5.83. The van der Waals surface area contributed by atoms with Crippen LogP contribution in [-0.2, 0) is 0 Å². The molecule has 2 heteroatoms. The van der Waals surface area contributed by atoms with Gasteiger partial charge < -0.3 is 5.73 Å². The summed E-state index contributed by atoms with van der Waals surface area (Å²) in [7, 11) is 0. The van der Waals surface area contributed by atoms with E-state index in [2.05, 4.69) is 45.0 Å². The number of nitrogens with two attached hydrogens (primary N) is 1. The number of nitrogen functional groups attached to an aromatic ring is 1. The predicted molar refractivity (Wildman–Crippen MR) is 68.4 cm³/mol. The Bertz CT molecular complexity index is 480. The first kappa shape index (κ1) is 10.2. The molecule has 1 nitrogen and oxygen atoms in total. The maximum atomic E-state index is 6.03. The third kappa shape index (κ3) is 1.77. The summed E-state index contributed by atoms with van der Waals surface area (Å²) in [4.78, 5) is 1.31. The van der Waals surface area contributed by atoms with Gasteiger partial charge in [0, 0.05) is 10.4 Å². The van der Waals surface area contributed by atoms with Crippen LogP contribution in [0.15, 0.2) is 24.3 Å². The van der Waals surface area contributed by atoms with Gasteiger partial charge >= 0.3 is 0 Å². The summed E-state index contributed by atoms with van der Waals surface area (Å²) in [6.07, 6.45) is 0. The Kier molecular flexibility index (Phi) is 2.53. The van der Waals surface area contributed by atoms with Crippen LogP contribution in [0.5, 0.6) is 0 Å². The van der Waals surface area contributed by atoms with Crippen molar-refractivity contribution in [2.45, 2.75) is 20.8 Å². The molecule has 2 aromatic rings. The van der Waals surface area contributed by atoms with Gasteiger partial charge in [0.1, 0.15) is 0 Å². The minimum Gasteiger partial charge on any atom is -0.390 e. The van der Waals surface area contributed by atoms with Gasteiger partial charge in [-0.1, -0.05) is 29.8 Å². The number of anilines is 1. The SMILES string of the molecule is Cc1ccc(-c2c(N)sc(C)c2C)cc1. The zero-order valence-electron chi connectivity index (χ0n) is 9.29. The molecule has 1 aromatic carbocycles. The van der Waals surface area contributed by atoms with E-state index in [9.17, 15) is 0 Å². The second-order valence-electron chi connectivity index (χ2n) is 3.89. The van der Waals surface area contributed by atoms with Crippen molar-refractivity contribution in [3.8, 4) is 11.1 Å². The van der Waals surface area contributed by atoms with Crippen molar-refractivity contribution in [1.82, 2.24) is 0 Å². The van der Waals surface area contributed by atoms with Crippen LogP contribution in [-0.4, -0.2) is 0 Å². The van der Waals surface area contributed by atoms with Crippen molar-refractivity contribution >= 4 is 16.3 Å². The molecule has 0 bridgehead atoms. The summed E-state index contributed by atoms with van der Waals surface area (Å²) in [5, 5.41) is 0.925. The van der Waals surface area contributed by atoms with Crippen LogP contribution < -0.4 is 5.73 Å². The first-order valence-electron chi connectivity index (χ1n) is 5.02. The Morgan fingerprint density at radius 3 is 2.07 bits per heavy atom. The van der Waals surface area contributed by atoms with E-state index in [4.69, 9.17) is 5.73 Å². The van der Waals surface area contributed by atoms with Crippen molar-refractivity contribution < 1.29 is 0 Å². The highest BCUT2D eigenvalue weighted by atomic mass is 32.1. The van der Waals surface area contributed by atoms with Gasteiger partial charge in [-0.25, -0.2) is 0 Å². The predicted octanol–water partition coefficient (Wildman–Crippen LogP) is 3.92. The smallest absolute Gasteiger partial charge is 0.0941 e. The monoisotopic (exact) mass is 217 g/mol. The number of thiophene rings is 1. The lowest BCUT2D eigenvalue weighted by Crippen LogP contribution is -1.86. The maximum absolute atomic E-state index is 6.03. The van der Waals surface area contributed by atoms with E-state index in [1.807, 2.05) is 0 Å². The molecule has 0 spiro atoms. The summed E-state index contributed by atoms with van der Waals surface area (Å²) >= 11 is 1.67. The van der Waals surface area contributed by atoms with Crippen LogP contribution in [0, 0.1) is 20.8 Å². The molecule has 0 unspecified atom stereocenters. The second kappa shape index (κ2) is 3.70. The Labute approximate surface area is 94.6 Å². The molecular formula is C13H15NS. The average molecular weight is 217 g/mol. The largest absolute Gasteiger partial charge is 0.390 e. The van der Waals surface area contributed by atoms with Gasteiger partial charge in [0.15, 0.2) is 0 Å². The van der Waals surface area contributed by atoms with Crippen molar-refractivity contribution in [3.63, 3.8) is 0 Å². The van der Waals surface area contributed by atoms with Crippen LogP contribution in [0.4, 0.5) is 5.00 Å². The van der Waals surface area contributed by atoms with E-state index >= 15 is 0 Å². The Balaban J connectivity index is 2.58. The van der Waals surface area contributed by atoms with E-state index in [-0.39, 0.29) is 0 Å². The molecule has 0 aliphatic rings. The number of rotatable bonds is 1. The van der Waals surface area contributed by atoms with Gasteiger partial charge in [0.2, 0.25) is 0 Å². The number of aryl methyl sites for hydroxylation is 2. The van der Waals surface area contributed by atoms with Crippen molar-refractivity contribution in [1.29, 1.82) is 0 Å². The molecule has 2 rings (SSSR count). The fourth-order valence-electron chi connectivity index (χ4n) is 1.73. The molecule has 0 amide bonds. The minimum absolute atomic E-state index is 0.925. The van der Waals surface area contributed by atoms with Crippen LogP contribution in [0.3, 0.4) is 0 Å². The van der Waals surface area contributed by atoms with Crippen LogP contribution in [0.1, 0.15) is 16.0 Å². The molecule has 78 valence electrons. The summed E-state index contributed by atoms with van der Waals surface area (Å²) in [6, 6.07) is 8.53. The summed E-state index contributed by atoms with van der Waals surface area (Å²) in [5.74, 6) is 0. The third-order valence-electron chi connectivity index (χ3n) is 2.75. The standard InChI is InChI=1S/C13H15NS/c1-8-4-6-11(7-5-8)12-9(2)10(3)15-13(12)14/h4-7H,14H2,1-3H3. The highest BCUT2D eigenvalue weighted by Gasteiger charge is 2.11. The second-order valence-corrected chi connectivity index (χ2v) is 5.14. The molecule has 0 aliphatic carbocycles. The Morgan fingerprint density at radius 1 is 1.00 bits per heavy atom. The molecule has 15 heavy (non-hydrogen) atoms. The number of benzene rings is 1. The fraction of sp³-hybridized carbons (Fsp3) is 0.231. The molecule has 2 N–H and O–H groups in total. The van der Waals surface area contributed by atoms with Crippen molar-refractivity contribution in [3.05, 3.63) is 40.3 Å². The van der Waals surface area contributed by atoms with Crippen LogP contribution >= 0.6 is 11.3 Å². The normalized spacial score (nSPS) is 10.6. The van der Waals surface area contributed by atoms with Gasteiger partial charge in [0.05, 0.1) is 5.00 Å². The van der Waals surface area contributed by atoms with E-state index in [0.29, 0.717) is 0 Å². The first-order chi connectivity index (χ1) is 7.09. The van der Waals surface area contributed by atoms with Gasteiger partial charge in [-0.2, -0.15) is 0 Å². The molecule has 0 saturated carbocycles. The Hall–Kier alpha value is -1.28. The maximum Gasteiger partial charge on any atom is 0.0941 e. The van der Waals surface area contributed by atoms with E-state index in [0.717, 1.165) is 5.00 Å². The molecule has 0 radical (unpaired) electrons. The topological polar surface area (TPSA) is 26.0 Å². The van der Waals surface area contributed by atoms with E-state index in [1.54, 1.807) is 11.3 Å². The summed E-state index contributed by atoms with van der Waals surface area (Å²) in [5.41, 5.74) is 11.0. The van der Waals surface area contributed by atoms with Gasteiger partial charge in [-0.15, -0.1) is 11.3 Å². The van der Waals surface area contributed by atoms with Crippen LogP contribution in [0.25, 0.3) is 11.1 Å². The summed E-state index contributed by atoms with van der Waals surface area (Å²) < 4.78 is 0. The van der Waals surface area contributed by atoms with Gasteiger partial charge in [0.25, 0.3) is 0 Å². The molecule has 0 saturated heterocycles. The van der Waals surface area contributed by atoms with E-state index in [1.165, 1.54) is 27.1 Å².